The summed E-state index contributed by atoms with van der Waals surface area (Å²) in [6.07, 6.45) is 0.675. The number of carbonyl (C=O) groups is 1. The summed E-state index contributed by atoms with van der Waals surface area (Å²) in [7, 11) is -1.66. The van der Waals surface area contributed by atoms with Crippen LogP contribution in [0, 0.1) is 0 Å². The topological polar surface area (TPSA) is 110 Å². The fourth-order valence-corrected chi connectivity index (χ4v) is 1.76. The van der Waals surface area contributed by atoms with E-state index in [-0.39, 0.29) is 17.7 Å². The van der Waals surface area contributed by atoms with Crippen molar-refractivity contribution in [1.82, 2.24) is 5.32 Å². The van der Waals surface area contributed by atoms with Crippen LogP contribution < -0.4 is 5.32 Å². The Bertz CT molecular complexity index is 504. The van der Waals surface area contributed by atoms with E-state index in [9.17, 15) is 19.9 Å². The second-order valence-electron chi connectivity index (χ2n) is 4.44. The molecule has 0 spiro atoms. The maximum atomic E-state index is 10.9. The Morgan fingerprint density at radius 2 is 2.10 bits per heavy atom. The minimum absolute atomic E-state index is 0.0592. The van der Waals surface area contributed by atoms with E-state index < -0.39 is 19.0 Å². The highest BCUT2D eigenvalue weighted by Crippen LogP contribution is 2.24. The van der Waals surface area contributed by atoms with Gasteiger partial charge in [0.1, 0.15) is 11.3 Å². The van der Waals surface area contributed by atoms with Crippen LogP contribution in [0.25, 0.3) is 0 Å². The molecule has 0 radical (unpaired) electrons. The molecule has 0 fully saturated rings. The van der Waals surface area contributed by atoms with E-state index in [1.807, 2.05) is 6.92 Å². The van der Waals surface area contributed by atoms with Gasteiger partial charge in [-0.1, -0.05) is 25.6 Å². The van der Waals surface area contributed by atoms with Crippen LogP contribution in [0.5, 0.6) is 5.75 Å². The second-order valence-corrected chi connectivity index (χ2v) is 4.44. The summed E-state index contributed by atoms with van der Waals surface area (Å²) in [6, 6.07) is 4.31. The second kappa shape index (κ2) is 6.97. The maximum Gasteiger partial charge on any atom is 0.475 e. The Kier molecular flexibility index (Phi) is 5.60. The molecule has 1 rings (SSSR count). The number of carboxylic acids is 1. The van der Waals surface area contributed by atoms with Crippen molar-refractivity contribution >= 4 is 13.1 Å². The van der Waals surface area contributed by atoms with Crippen LogP contribution in [0.2, 0.25) is 0 Å². The van der Waals surface area contributed by atoms with Gasteiger partial charge in [0.25, 0.3) is 0 Å². The summed E-state index contributed by atoms with van der Waals surface area (Å²) in [6.45, 7) is 5.58. The van der Waals surface area contributed by atoms with E-state index >= 15 is 0 Å². The first-order chi connectivity index (χ1) is 9.36. The molecule has 108 valence electrons. The van der Waals surface area contributed by atoms with Crippen LogP contribution in [0.3, 0.4) is 0 Å². The Hall–Kier alpha value is -1.99. The number of aromatic hydroxyl groups is 1. The lowest BCUT2D eigenvalue weighted by Gasteiger charge is -2.20. The molecule has 0 aliphatic rings. The van der Waals surface area contributed by atoms with E-state index in [0.717, 1.165) is 0 Å². The number of hydrogen-bond donors (Lipinski definition) is 5. The third-order valence-electron chi connectivity index (χ3n) is 2.97. The summed E-state index contributed by atoms with van der Waals surface area (Å²) in [5, 5.41) is 40.3. The smallest absolute Gasteiger partial charge is 0.475 e. The van der Waals surface area contributed by atoms with Gasteiger partial charge in [-0.2, -0.15) is 0 Å². The molecule has 0 amide bonds. The fourth-order valence-electron chi connectivity index (χ4n) is 1.76. The number of carboxylic acid groups (broad SMARTS) is 1. The minimum atomic E-state index is -1.66. The van der Waals surface area contributed by atoms with Gasteiger partial charge in [-0.05, 0) is 24.5 Å². The van der Waals surface area contributed by atoms with Crippen molar-refractivity contribution in [3.63, 3.8) is 0 Å². The molecular weight excluding hydrogens is 261 g/mol. The third kappa shape index (κ3) is 4.01. The van der Waals surface area contributed by atoms with Crippen molar-refractivity contribution in [3.8, 4) is 5.75 Å². The fraction of sp³-hybridized carbons (Fsp3) is 0.308. The normalized spacial score (nSPS) is 11.8. The average Bonchev–Trinajstić information content (AvgIpc) is 2.39. The summed E-state index contributed by atoms with van der Waals surface area (Å²) in [4.78, 5) is 10.9. The summed E-state index contributed by atoms with van der Waals surface area (Å²) in [5.41, 5.74) is 0.722. The molecule has 1 unspecified atom stereocenters. The first-order valence-electron chi connectivity index (χ1n) is 6.21. The molecule has 1 atom stereocenters. The summed E-state index contributed by atoms with van der Waals surface area (Å²) in [5.74, 6) is -2.39. The van der Waals surface area contributed by atoms with Gasteiger partial charge in [0.2, 0.25) is 0 Å². The number of aromatic carboxylic acids is 1. The molecule has 0 aliphatic heterocycles. The molecule has 0 heterocycles. The number of phenols is 1. The Labute approximate surface area is 117 Å². The van der Waals surface area contributed by atoms with E-state index in [1.165, 1.54) is 18.2 Å². The average molecular weight is 279 g/mol. The van der Waals surface area contributed by atoms with E-state index in [1.54, 1.807) is 0 Å². The predicted octanol–water partition coefficient (Wildman–Crippen LogP) is 0.527. The quantitative estimate of drug-likeness (QED) is 0.466. The zero-order valence-electron chi connectivity index (χ0n) is 11.2. The van der Waals surface area contributed by atoms with Gasteiger partial charge in [0.05, 0.1) is 5.94 Å². The Morgan fingerprint density at radius 1 is 1.45 bits per heavy atom. The molecule has 20 heavy (non-hydrogen) atoms. The van der Waals surface area contributed by atoms with Crippen LogP contribution in [-0.4, -0.2) is 39.3 Å². The zero-order valence-corrected chi connectivity index (χ0v) is 11.2. The first kappa shape index (κ1) is 16.1. The van der Waals surface area contributed by atoms with Crippen LogP contribution in [0.15, 0.2) is 30.5 Å². The summed E-state index contributed by atoms with van der Waals surface area (Å²) >= 11 is 0. The lowest BCUT2D eigenvalue weighted by molar-refractivity contribution is 0.0693. The molecule has 6 nitrogen and oxygen atoms in total. The molecular formula is C13H18BNO5. The molecule has 0 bridgehead atoms. The molecule has 0 aliphatic carbocycles. The van der Waals surface area contributed by atoms with Gasteiger partial charge < -0.3 is 25.6 Å². The highest BCUT2D eigenvalue weighted by atomic mass is 16.4. The molecule has 5 N–H and O–H groups in total. The molecule has 0 saturated carbocycles. The molecule has 7 heteroatoms. The van der Waals surface area contributed by atoms with Crippen molar-refractivity contribution in [1.29, 1.82) is 0 Å². The molecule has 1 aromatic rings. The molecule has 0 aromatic heterocycles. The van der Waals surface area contributed by atoms with Crippen molar-refractivity contribution in [2.45, 2.75) is 25.7 Å². The van der Waals surface area contributed by atoms with E-state index in [4.69, 9.17) is 5.11 Å². The Balaban J connectivity index is 2.97. The van der Waals surface area contributed by atoms with Gasteiger partial charge in [0, 0.05) is 5.70 Å². The van der Waals surface area contributed by atoms with Crippen LogP contribution in [0.4, 0.5) is 0 Å². The van der Waals surface area contributed by atoms with Crippen molar-refractivity contribution in [2.24, 2.45) is 0 Å². The highest BCUT2D eigenvalue weighted by Gasteiger charge is 2.25. The van der Waals surface area contributed by atoms with Gasteiger partial charge in [-0.25, -0.2) is 4.79 Å². The van der Waals surface area contributed by atoms with Crippen LogP contribution >= 0.6 is 0 Å². The van der Waals surface area contributed by atoms with Crippen LogP contribution in [0.1, 0.15) is 29.3 Å². The number of nitrogens with one attached hydrogen (secondary N) is 1. The van der Waals surface area contributed by atoms with Gasteiger partial charge in [-0.3, -0.25) is 0 Å². The lowest BCUT2D eigenvalue weighted by atomic mass is 9.75. The standard InChI is InChI=1S/C13H18BNO5/c1-3-8(2)15-11(14(19)20)7-9-5-4-6-10(12(9)16)13(17)18/h4-6,11,15-16,19-20H,2-3,7H2,1H3,(H,17,18). The van der Waals surface area contributed by atoms with Gasteiger partial charge in [0.15, 0.2) is 0 Å². The van der Waals surface area contributed by atoms with Crippen molar-refractivity contribution in [2.75, 3.05) is 0 Å². The first-order valence-corrected chi connectivity index (χ1v) is 6.21. The van der Waals surface area contributed by atoms with E-state index in [0.29, 0.717) is 17.7 Å². The van der Waals surface area contributed by atoms with Crippen molar-refractivity contribution < 1.29 is 25.1 Å². The lowest BCUT2D eigenvalue weighted by Crippen LogP contribution is -2.44. The SMILES string of the molecule is C=C(CC)NC(Cc1cccc(C(=O)O)c1O)B(O)O. The largest absolute Gasteiger partial charge is 0.507 e. The highest BCUT2D eigenvalue weighted by molar-refractivity contribution is 6.43. The number of hydrogen-bond acceptors (Lipinski definition) is 5. The van der Waals surface area contributed by atoms with Crippen LogP contribution in [-0.2, 0) is 6.42 Å². The number of para-hydroxylation sites is 1. The predicted molar refractivity (Wildman–Crippen MR) is 75.3 cm³/mol. The maximum absolute atomic E-state index is 10.9. The number of rotatable bonds is 7. The number of benzene rings is 1. The zero-order chi connectivity index (χ0) is 15.3. The van der Waals surface area contributed by atoms with Gasteiger partial charge >= 0.3 is 13.1 Å². The van der Waals surface area contributed by atoms with Crippen molar-refractivity contribution in [3.05, 3.63) is 41.6 Å². The monoisotopic (exact) mass is 279 g/mol. The third-order valence-corrected chi connectivity index (χ3v) is 2.97. The Morgan fingerprint density at radius 3 is 2.60 bits per heavy atom. The van der Waals surface area contributed by atoms with Gasteiger partial charge in [-0.15, -0.1) is 0 Å². The molecule has 0 saturated heterocycles. The molecule has 1 aromatic carbocycles. The number of allylic oxidation sites excluding steroid dienone is 1. The minimum Gasteiger partial charge on any atom is -0.507 e. The summed E-state index contributed by atoms with van der Waals surface area (Å²) < 4.78 is 0. The van der Waals surface area contributed by atoms with E-state index in [2.05, 4.69) is 11.9 Å².